The summed E-state index contributed by atoms with van der Waals surface area (Å²) >= 11 is 1.50. The highest BCUT2D eigenvalue weighted by molar-refractivity contribution is 8.02. The van der Waals surface area contributed by atoms with E-state index < -0.39 is 5.03 Å². The molecule has 0 spiro atoms. The molecule has 0 saturated carbocycles. The van der Waals surface area contributed by atoms with E-state index in [0.29, 0.717) is 5.88 Å². The molecule has 9 heavy (non-hydrogen) atoms. The maximum atomic E-state index is 9.76. The molecule has 0 atom stereocenters. The molecule has 0 aromatic carbocycles. The van der Waals surface area contributed by atoms with Crippen LogP contribution in [0.3, 0.4) is 0 Å². The van der Waals surface area contributed by atoms with Crippen molar-refractivity contribution in [2.24, 2.45) is 0 Å². The van der Waals surface area contributed by atoms with Crippen molar-refractivity contribution in [1.82, 2.24) is 10.5 Å². The Morgan fingerprint density at radius 2 is 2.67 bits per heavy atom. The van der Waals surface area contributed by atoms with Crippen LogP contribution in [0.25, 0.3) is 0 Å². The van der Waals surface area contributed by atoms with Crippen molar-refractivity contribution in [3.05, 3.63) is 21.7 Å². The Balaban J connectivity index is 2.28. The van der Waals surface area contributed by atoms with Crippen LogP contribution in [0.5, 0.6) is 0 Å². The highest BCUT2D eigenvalue weighted by Crippen LogP contribution is 2.11. The Morgan fingerprint density at radius 1 is 1.89 bits per heavy atom. The standard InChI is InChI=1S/C3H5N3O2S/c7-6(8)4-5-1-2-9-3-5/h1-2,4H,3H2. The molecule has 1 rings (SSSR count). The van der Waals surface area contributed by atoms with Gasteiger partial charge in [0.2, 0.25) is 0 Å². The first-order valence-electron chi connectivity index (χ1n) is 2.24. The summed E-state index contributed by atoms with van der Waals surface area (Å²) in [5.74, 6) is 0.598. The van der Waals surface area contributed by atoms with Gasteiger partial charge in [-0.2, -0.15) is 0 Å². The van der Waals surface area contributed by atoms with Crippen LogP contribution in [0.1, 0.15) is 0 Å². The summed E-state index contributed by atoms with van der Waals surface area (Å²) in [6.45, 7) is 0. The van der Waals surface area contributed by atoms with Gasteiger partial charge < -0.3 is 0 Å². The lowest BCUT2D eigenvalue weighted by atomic mass is 11.0. The largest absolute Gasteiger partial charge is 0.233 e. The minimum Gasteiger partial charge on any atom is -0.233 e. The molecule has 1 N–H and O–H groups in total. The molecule has 0 radical (unpaired) electrons. The number of nitrogens with one attached hydrogen (secondary N) is 1. The summed E-state index contributed by atoms with van der Waals surface area (Å²) in [5, 5.41) is 12.4. The Morgan fingerprint density at radius 3 is 3.11 bits per heavy atom. The zero-order valence-electron chi connectivity index (χ0n) is 4.48. The zero-order chi connectivity index (χ0) is 6.69. The van der Waals surface area contributed by atoms with Gasteiger partial charge in [-0.3, -0.25) is 0 Å². The van der Waals surface area contributed by atoms with Crippen molar-refractivity contribution in [1.29, 1.82) is 0 Å². The third kappa shape index (κ3) is 1.80. The Labute approximate surface area is 55.8 Å². The molecule has 6 heteroatoms. The second-order valence-electron chi connectivity index (χ2n) is 1.41. The maximum Gasteiger partial charge on any atom is 0.178 e. The topological polar surface area (TPSA) is 58.4 Å². The van der Waals surface area contributed by atoms with E-state index in [0.717, 1.165) is 0 Å². The highest BCUT2D eigenvalue weighted by Gasteiger charge is 2.06. The number of rotatable bonds is 2. The van der Waals surface area contributed by atoms with Gasteiger partial charge in [0.15, 0.2) is 5.03 Å². The fraction of sp³-hybridized carbons (Fsp3) is 0.333. The third-order valence-electron chi connectivity index (χ3n) is 0.761. The molecule has 5 nitrogen and oxygen atoms in total. The van der Waals surface area contributed by atoms with Crippen molar-refractivity contribution in [2.75, 3.05) is 5.88 Å². The fourth-order valence-corrected chi connectivity index (χ4v) is 1.07. The molecule has 0 bridgehead atoms. The van der Waals surface area contributed by atoms with Gasteiger partial charge in [-0.15, -0.1) is 11.8 Å². The lowest BCUT2D eigenvalue weighted by Gasteiger charge is -2.07. The first-order valence-corrected chi connectivity index (χ1v) is 3.29. The Bertz CT molecular complexity index is 148. The second-order valence-corrected chi connectivity index (χ2v) is 2.27. The average Bonchev–Trinajstić information content (AvgIpc) is 2.15. The lowest BCUT2D eigenvalue weighted by molar-refractivity contribution is -0.573. The number of nitrogens with zero attached hydrogens (tertiary/aromatic N) is 2. The smallest absolute Gasteiger partial charge is 0.178 e. The Hall–Kier alpha value is -0.910. The van der Waals surface area contributed by atoms with E-state index in [2.05, 4.69) is 0 Å². The molecular weight excluding hydrogens is 142 g/mol. The fourth-order valence-electron chi connectivity index (χ4n) is 0.450. The quantitative estimate of drug-likeness (QED) is 0.445. The predicted molar refractivity (Wildman–Crippen MR) is 33.6 cm³/mol. The summed E-state index contributed by atoms with van der Waals surface area (Å²) < 4.78 is 0. The van der Waals surface area contributed by atoms with Crippen LogP contribution in [0, 0.1) is 10.1 Å². The van der Waals surface area contributed by atoms with Gasteiger partial charge in [0, 0.05) is 6.20 Å². The van der Waals surface area contributed by atoms with Crippen molar-refractivity contribution >= 4 is 11.8 Å². The van der Waals surface area contributed by atoms with Gasteiger partial charge in [0.25, 0.3) is 0 Å². The van der Waals surface area contributed by atoms with Gasteiger partial charge in [0.05, 0.1) is 5.88 Å². The number of hydrogen-bond acceptors (Lipinski definition) is 4. The second kappa shape index (κ2) is 2.58. The predicted octanol–water partition coefficient (Wildman–Crippen LogP) is 0.160. The summed E-state index contributed by atoms with van der Waals surface area (Å²) in [4.78, 5) is 9.76. The zero-order valence-corrected chi connectivity index (χ0v) is 5.30. The monoisotopic (exact) mass is 147 g/mol. The van der Waals surface area contributed by atoms with Crippen molar-refractivity contribution in [2.45, 2.75) is 0 Å². The third-order valence-corrected chi connectivity index (χ3v) is 1.50. The summed E-state index contributed by atoms with van der Waals surface area (Å²) in [5.41, 5.74) is 1.99. The van der Waals surface area contributed by atoms with Gasteiger partial charge >= 0.3 is 0 Å². The van der Waals surface area contributed by atoms with Crippen LogP contribution in [0.2, 0.25) is 0 Å². The molecule has 0 aromatic rings. The van der Waals surface area contributed by atoms with Gasteiger partial charge in [-0.1, -0.05) is 0 Å². The summed E-state index contributed by atoms with van der Waals surface area (Å²) in [7, 11) is 0. The number of hydrogen-bond donors (Lipinski definition) is 1. The first kappa shape index (κ1) is 6.21. The van der Waals surface area contributed by atoms with Crippen LogP contribution in [-0.2, 0) is 0 Å². The van der Waals surface area contributed by atoms with Crippen LogP contribution < -0.4 is 5.53 Å². The van der Waals surface area contributed by atoms with E-state index >= 15 is 0 Å². The normalized spacial score (nSPS) is 16.2. The Kier molecular flexibility index (Phi) is 1.78. The van der Waals surface area contributed by atoms with Gasteiger partial charge in [0.1, 0.15) is 0 Å². The molecule has 1 aliphatic heterocycles. The summed E-state index contributed by atoms with van der Waals surface area (Å²) in [6.07, 6.45) is 1.62. The minimum atomic E-state index is -0.587. The number of hydrazine groups is 2. The van der Waals surface area contributed by atoms with E-state index in [1.807, 2.05) is 5.53 Å². The van der Waals surface area contributed by atoms with Gasteiger partial charge in [-0.05, 0) is 10.9 Å². The molecule has 0 amide bonds. The molecule has 0 fully saturated rings. The van der Waals surface area contributed by atoms with Gasteiger partial charge in [-0.25, -0.2) is 15.1 Å². The van der Waals surface area contributed by atoms with Crippen LogP contribution in [0.15, 0.2) is 11.6 Å². The maximum absolute atomic E-state index is 9.76. The van der Waals surface area contributed by atoms with E-state index in [9.17, 15) is 10.1 Å². The first-order chi connectivity index (χ1) is 4.29. The van der Waals surface area contributed by atoms with Crippen molar-refractivity contribution < 1.29 is 5.03 Å². The van der Waals surface area contributed by atoms with E-state index in [-0.39, 0.29) is 0 Å². The van der Waals surface area contributed by atoms with E-state index in [1.54, 1.807) is 11.6 Å². The van der Waals surface area contributed by atoms with Crippen molar-refractivity contribution in [3.8, 4) is 0 Å². The lowest BCUT2D eigenvalue weighted by Crippen LogP contribution is -2.35. The van der Waals surface area contributed by atoms with Crippen LogP contribution in [-0.4, -0.2) is 15.9 Å². The van der Waals surface area contributed by atoms with E-state index in [4.69, 9.17) is 0 Å². The van der Waals surface area contributed by atoms with Crippen molar-refractivity contribution in [3.63, 3.8) is 0 Å². The molecule has 1 aliphatic rings. The van der Waals surface area contributed by atoms with Crippen LogP contribution >= 0.6 is 11.8 Å². The molecule has 50 valence electrons. The number of thioether (sulfide) groups is 1. The molecule has 0 unspecified atom stereocenters. The SMILES string of the molecule is O=[N+]([O-])NN1C=CSC1. The average molecular weight is 147 g/mol. The van der Waals surface area contributed by atoms with E-state index in [1.165, 1.54) is 16.8 Å². The molecule has 0 saturated heterocycles. The minimum absolute atomic E-state index is 0.587. The summed E-state index contributed by atoms with van der Waals surface area (Å²) in [6, 6.07) is 0. The highest BCUT2D eigenvalue weighted by atomic mass is 32.2. The van der Waals surface area contributed by atoms with Crippen LogP contribution in [0.4, 0.5) is 0 Å². The molecule has 0 aliphatic carbocycles. The molecule has 0 aromatic heterocycles. The molecular formula is C3H5N3O2S. The number of nitro groups is 1. The molecule has 1 heterocycles.